The predicted octanol–water partition coefficient (Wildman–Crippen LogP) is 1.31. The summed E-state index contributed by atoms with van der Waals surface area (Å²) in [4.78, 5) is 0. The second-order valence-corrected chi connectivity index (χ2v) is 5.90. The van der Waals surface area contributed by atoms with Gasteiger partial charge in [0.05, 0.1) is 31.8 Å². The summed E-state index contributed by atoms with van der Waals surface area (Å²) in [7, 11) is -1.66. The Kier molecular flexibility index (Phi) is 3.75. The number of anilines is 1. The summed E-state index contributed by atoms with van der Waals surface area (Å²) in [5, 5.41) is 4.10. The number of rotatable bonds is 5. The molecular formula is C12H15N3O3S. The van der Waals surface area contributed by atoms with E-state index in [2.05, 4.69) is 9.82 Å². The van der Waals surface area contributed by atoms with Crippen LogP contribution >= 0.6 is 0 Å². The van der Waals surface area contributed by atoms with Crippen LogP contribution in [0.1, 0.15) is 5.56 Å². The van der Waals surface area contributed by atoms with Gasteiger partial charge in [-0.25, -0.2) is 8.42 Å². The average Bonchev–Trinajstić information content (AvgIpc) is 2.74. The molecule has 0 unspecified atom stereocenters. The van der Waals surface area contributed by atoms with Gasteiger partial charge in [-0.2, -0.15) is 5.10 Å². The third kappa shape index (κ3) is 3.99. The normalized spacial score (nSPS) is 11.3. The zero-order chi connectivity index (χ0) is 13.9. The molecule has 1 N–H and O–H groups in total. The minimum Gasteiger partial charge on any atom is -0.497 e. The molecule has 1 aromatic heterocycles. The molecule has 102 valence electrons. The van der Waals surface area contributed by atoms with Gasteiger partial charge in [0, 0.05) is 6.20 Å². The Morgan fingerprint density at radius 3 is 2.89 bits per heavy atom. The molecule has 0 fully saturated rings. The van der Waals surface area contributed by atoms with E-state index in [1.54, 1.807) is 18.0 Å². The Balaban J connectivity index is 2.11. The van der Waals surface area contributed by atoms with Gasteiger partial charge in [-0.1, -0.05) is 12.1 Å². The number of nitrogens with zero attached hydrogens (tertiary/aromatic N) is 2. The highest BCUT2D eigenvalue weighted by atomic mass is 32.2. The molecule has 0 spiro atoms. The number of methoxy groups -OCH3 is 1. The fraction of sp³-hybridized carbons (Fsp3) is 0.250. The zero-order valence-electron chi connectivity index (χ0n) is 10.7. The van der Waals surface area contributed by atoms with Crippen molar-refractivity contribution in [3.05, 3.63) is 42.2 Å². The fourth-order valence-corrected chi connectivity index (χ4v) is 2.21. The first-order valence-corrected chi connectivity index (χ1v) is 7.48. The highest BCUT2D eigenvalue weighted by Gasteiger charge is 2.05. The van der Waals surface area contributed by atoms with Gasteiger partial charge >= 0.3 is 0 Å². The van der Waals surface area contributed by atoms with E-state index in [1.807, 2.05) is 24.3 Å². The summed E-state index contributed by atoms with van der Waals surface area (Å²) in [5.74, 6) is 0.777. The first kappa shape index (κ1) is 13.4. The number of ether oxygens (including phenoxy) is 1. The lowest BCUT2D eigenvalue weighted by atomic mass is 10.2. The Hall–Kier alpha value is -2.02. The van der Waals surface area contributed by atoms with Gasteiger partial charge < -0.3 is 4.74 Å². The van der Waals surface area contributed by atoms with Crippen LogP contribution in [0.3, 0.4) is 0 Å². The van der Waals surface area contributed by atoms with E-state index < -0.39 is 10.0 Å². The lowest BCUT2D eigenvalue weighted by Gasteiger charge is -2.04. The second-order valence-electron chi connectivity index (χ2n) is 4.15. The van der Waals surface area contributed by atoms with Gasteiger partial charge in [0.15, 0.2) is 0 Å². The van der Waals surface area contributed by atoms with Crippen LogP contribution in [0.25, 0.3) is 0 Å². The minimum atomic E-state index is -3.27. The molecule has 6 nitrogen and oxygen atoms in total. The van der Waals surface area contributed by atoms with Crippen LogP contribution in [0.2, 0.25) is 0 Å². The second kappa shape index (κ2) is 5.31. The number of hydrogen-bond donors (Lipinski definition) is 1. The van der Waals surface area contributed by atoms with Crippen LogP contribution in [0.15, 0.2) is 36.7 Å². The van der Waals surface area contributed by atoms with Crippen LogP contribution in [0, 0.1) is 0 Å². The monoisotopic (exact) mass is 281 g/mol. The van der Waals surface area contributed by atoms with Crippen molar-refractivity contribution in [2.24, 2.45) is 0 Å². The van der Waals surface area contributed by atoms with Gasteiger partial charge in [0.2, 0.25) is 10.0 Å². The van der Waals surface area contributed by atoms with Gasteiger partial charge in [-0.05, 0) is 17.7 Å². The maximum absolute atomic E-state index is 11.1. The smallest absolute Gasteiger partial charge is 0.229 e. The quantitative estimate of drug-likeness (QED) is 0.897. The first-order valence-electron chi connectivity index (χ1n) is 5.59. The lowest BCUT2D eigenvalue weighted by molar-refractivity contribution is 0.414. The van der Waals surface area contributed by atoms with Crippen molar-refractivity contribution in [3.63, 3.8) is 0 Å². The van der Waals surface area contributed by atoms with Crippen LogP contribution in [-0.2, 0) is 16.6 Å². The molecule has 0 amide bonds. The lowest BCUT2D eigenvalue weighted by Crippen LogP contribution is -2.08. The van der Waals surface area contributed by atoms with Crippen molar-refractivity contribution >= 4 is 15.7 Å². The number of benzene rings is 1. The van der Waals surface area contributed by atoms with Gasteiger partial charge in [0.25, 0.3) is 0 Å². The third-order valence-corrected chi connectivity index (χ3v) is 3.02. The highest BCUT2D eigenvalue weighted by Crippen LogP contribution is 2.14. The van der Waals surface area contributed by atoms with Crippen LogP contribution in [0.4, 0.5) is 5.69 Å². The molecule has 0 aliphatic heterocycles. The standard InChI is InChI=1S/C12H15N3O3S/c1-18-12-5-3-4-10(6-12)8-15-9-11(7-13-15)14-19(2,16)17/h3-7,9,14H,8H2,1-2H3. The Morgan fingerprint density at radius 2 is 2.21 bits per heavy atom. The summed E-state index contributed by atoms with van der Waals surface area (Å²) in [5.41, 5.74) is 1.47. The largest absolute Gasteiger partial charge is 0.497 e. The first-order chi connectivity index (χ1) is 8.96. The number of hydrogen-bond acceptors (Lipinski definition) is 4. The zero-order valence-corrected chi connectivity index (χ0v) is 11.5. The SMILES string of the molecule is COc1cccc(Cn2cc(NS(C)(=O)=O)cn2)c1. The van der Waals surface area contributed by atoms with Crippen molar-refractivity contribution in [1.29, 1.82) is 0 Å². The summed E-state index contributed by atoms with van der Waals surface area (Å²) in [6, 6.07) is 7.62. The Labute approximate surface area is 112 Å². The van der Waals surface area contributed by atoms with E-state index in [4.69, 9.17) is 4.74 Å². The van der Waals surface area contributed by atoms with Crippen LogP contribution in [-0.4, -0.2) is 31.6 Å². The van der Waals surface area contributed by atoms with Crippen molar-refractivity contribution in [1.82, 2.24) is 9.78 Å². The van der Waals surface area contributed by atoms with Gasteiger partial charge in [0.1, 0.15) is 5.75 Å². The highest BCUT2D eigenvalue weighted by molar-refractivity contribution is 7.92. The maximum Gasteiger partial charge on any atom is 0.229 e. The molecular weight excluding hydrogens is 266 g/mol. The number of aromatic nitrogens is 2. The summed E-state index contributed by atoms with van der Waals surface area (Å²) < 4.78 is 31.3. The molecule has 0 bridgehead atoms. The summed E-state index contributed by atoms with van der Waals surface area (Å²) in [6.07, 6.45) is 4.22. The number of nitrogens with one attached hydrogen (secondary N) is 1. The minimum absolute atomic E-state index is 0.449. The van der Waals surface area contributed by atoms with Crippen molar-refractivity contribution < 1.29 is 13.2 Å². The Morgan fingerprint density at radius 1 is 1.42 bits per heavy atom. The third-order valence-electron chi connectivity index (χ3n) is 2.42. The molecule has 2 rings (SSSR count). The predicted molar refractivity (Wildman–Crippen MR) is 72.8 cm³/mol. The maximum atomic E-state index is 11.1. The molecule has 2 aromatic rings. The number of sulfonamides is 1. The molecule has 19 heavy (non-hydrogen) atoms. The molecule has 1 aromatic carbocycles. The molecule has 1 heterocycles. The van der Waals surface area contributed by atoms with Gasteiger partial charge in [-0.3, -0.25) is 9.40 Å². The van der Waals surface area contributed by atoms with E-state index in [9.17, 15) is 8.42 Å². The van der Waals surface area contributed by atoms with E-state index in [1.165, 1.54) is 6.20 Å². The fourth-order valence-electron chi connectivity index (χ4n) is 1.67. The van der Waals surface area contributed by atoms with E-state index in [0.717, 1.165) is 17.6 Å². The van der Waals surface area contributed by atoms with Crippen LogP contribution in [0.5, 0.6) is 5.75 Å². The summed E-state index contributed by atoms with van der Waals surface area (Å²) in [6.45, 7) is 0.544. The molecule has 0 radical (unpaired) electrons. The van der Waals surface area contributed by atoms with Gasteiger partial charge in [-0.15, -0.1) is 0 Å². The molecule has 0 saturated carbocycles. The van der Waals surface area contributed by atoms with E-state index in [0.29, 0.717) is 12.2 Å². The van der Waals surface area contributed by atoms with E-state index in [-0.39, 0.29) is 0 Å². The topological polar surface area (TPSA) is 73.2 Å². The van der Waals surface area contributed by atoms with Crippen LogP contribution < -0.4 is 9.46 Å². The average molecular weight is 281 g/mol. The molecule has 7 heteroatoms. The molecule has 0 saturated heterocycles. The molecule has 0 atom stereocenters. The van der Waals surface area contributed by atoms with Crippen molar-refractivity contribution in [2.45, 2.75) is 6.54 Å². The molecule has 0 aliphatic carbocycles. The Bertz CT molecular complexity index is 664. The molecule has 0 aliphatic rings. The van der Waals surface area contributed by atoms with E-state index >= 15 is 0 Å². The van der Waals surface area contributed by atoms with Crippen molar-refractivity contribution in [3.8, 4) is 5.75 Å². The summed E-state index contributed by atoms with van der Waals surface area (Å²) >= 11 is 0. The van der Waals surface area contributed by atoms with Crippen molar-refractivity contribution in [2.75, 3.05) is 18.1 Å².